The molecule has 1 saturated carbocycles. The van der Waals surface area contributed by atoms with Crippen LogP contribution in [0.2, 0.25) is 0 Å². The highest BCUT2D eigenvalue weighted by Gasteiger charge is 2.39. The zero-order valence-corrected chi connectivity index (χ0v) is 5.75. The third-order valence-corrected chi connectivity index (χ3v) is 2.93. The first kappa shape index (κ1) is 5.48. The SMILES string of the molecule is C[C@H]1[C@H](N)[C@@H]2C=C[C@H]1C2. The number of fused-ring (bicyclic) bond motifs is 2. The van der Waals surface area contributed by atoms with Crippen LogP contribution < -0.4 is 5.73 Å². The molecule has 0 aromatic heterocycles. The van der Waals surface area contributed by atoms with Gasteiger partial charge in [0, 0.05) is 6.04 Å². The number of allylic oxidation sites excluding steroid dienone is 1. The average molecular weight is 123 g/mol. The summed E-state index contributed by atoms with van der Waals surface area (Å²) < 4.78 is 0. The number of hydrogen-bond acceptors (Lipinski definition) is 1. The highest BCUT2D eigenvalue weighted by Crippen LogP contribution is 2.41. The van der Waals surface area contributed by atoms with Crippen LogP contribution in [0.1, 0.15) is 13.3 Å². The van der Waals surface area contributed by atoms with Gasteiger partial charge in [-0.15, -0.1) is 0 Å². The fraction of sp³-hybridized carbons (Fsp3) is 0.750. The molecule has 2 bridgehead atoms. The summed E-state index contributed by atoms with van der Waals surface area (Å²) >= 11 is 0. The molecule has 0 radical (unpaired) electrons. The molecule has 0 spiro atoms. The lowest BCUT2D eigenvalue weighted by Crippen LogP contribution is -2.31. The topological polar surface area (TPSA) is 26.0 Å². The van der Waals surface area contributed by atoms with E-state index in [4.69, 9.17) is 5.73 Å². The second kappa shape index (κ2) is 1.60. The Kier molecular flexibility index (Phi) is 0.974. The summed E-state index contributed by atoms with van der Waals surface area (Å²) in [6, 6.07) is 0.458. The van der Waals surface area contributed by atoms with Gasteiger partial charge in [0.1, 0.15) is 0 Å². The lowest BCUT2D eigenvalue weighted by Gasteiger charge is -2.19. The Labute approximate surface area is 55.9 Å². The second-order valence-corrected chi connectivity index (χ2v) is 3.38. The minimum Gasteiger partial charge on any atom is -0.327 e. The van der Waals surface area contributed by atoms with Gasteiger partial charge in [0.15, 0.2) is 0 Å². The van der Waals surface area contributed by atoms with E-state index in [9.17, 15) is 0 Å². The minimum absolute atomic E-state index is 0.458. The summed E-state index contributed by atoms with van der Waals surface area (Å²) in [4.78, 5) is 0. The van der Waals surface area contributed by atoms with Gasteiger partial charge < -0.3 is 5.73 Å². The molecule has 2 aliphatic carbocycles. The molecular formula is C8H13N. The molecule has 0 aliphatic heterocycles. The standard InChI is InChI=1S/C8H13N/c1-5-6-2-3-7(4-6)8(5)9/h2-3,5-8H,4,9H2,1H3/t5-,6+,7-,8+/m1/s1. The largest absolute Gasteiger partial charge is 0.327 e. The Bertz CT molecular complexity index is 135. The van der Waals surface area contributed by atoms with Crippen LogP contribution >= 0.6 is 0 Å². The molecular weight excluding hydrogens is 110 g/mol. The van der Waals surface area contributed by atoms with Crippen LogP contribution in [-0.4, -0.2) is 6.04 Å². The predicted molar refractivity (Wildman–Crippen MR) is 37.9 cm³/mol. The summed E-state index contributed by atoms with van der Waals surface area (Å²) in [5.41, 5.74) is 5.91. The Morgan fingerprint density at radius 2 is 2.00 bits per heavy atom. The molecule has 2 rings (SSSR count). The van der Waals surface area contributed by atoms with Gasteiger partial charge in [-0.25, -0.2) is 0 Å². The Morgan fingerprint density at radius 3 is 2.33 bits per heavy atom. The van der Waals surface area contributed by atoms with Crippen molar-refractivity contribution in [2.75, 3.05) is 0 Å². The first-order valence-corrected chi connectivity index (χ1v) is 3.73. The molecule has 2 N–H and O–H groups in total. The van der Waals surface area contributed by atoms with Crippen LogP contribution in [0, 0.1) is 17.8 Å². The van der Waals surface area contributed by atoms with Gasteiger partial charge in [0.25, 0.3) is 0 Å². The summed E-state index contributed by atoms with van der Waals surface area (Å²) in [5, 5.41) is 0. The van der Waals surface area contributed by atoms with E-state index in [0.29, 0.717) is 12.0 Å². The highest BCUT2D eigenvalue weighted by molar-refractivity contribution is 5.14. The molecule has 1 fully saturated rings. The summed E-state index contributed by atoms with van der Waals surface area (Å²) in [7, 11) is 0. The zero-order chi connectivity index (χ0) is 6.43. The van der Waals surface area contributed by atoms with Crippen molar-refractivity contribution in [3.05, 3.63) is 12.2 Å². The molecule has 0 unspecified atom stereocenters. The van der Waals surface area contributed by atoms with E-state index in [2.05, 4.69) is 19.1 Å². The van der Waals surface area contributed by atoms with Crippen LogP contribution in [0.15, 0.2) is 12.2 Å². The maximum Gasteiger partial charge on any atom is 0.0134 e. The highest BCUT2D eigenvalue weighted by atomic mass is 14.7. The Morgan fingerprint density at radius 1 is 1.33 bits per heavy atom. The van der Waals surface area contributed by atoms with Gasteiger partial charge in [-0.2, -0.15) is 0 Å². The molecule has 1 heteroatoms. The van der Waals surface area contributed by atoms with Gasteiger partial charge in [-0.3, -0.25) is 0 Å². The van der Waals surface area contributed by atoms with Crippen LogP contribution in [0.4, 0.5) is 0 Å². The van der Waals surface area contributed by atoms with Gasteiger partial charge in [-0.05, 0) is 24.2 Å². The van der Waals surface area contributed by atoms with Crippen molar-refractivity contribution in [1.82, 2.24) is 0 Å². The number of hydrogen-bond donors (Lipinski definition) is 1. The molecule has 0 amide bonds. The summed E-state index contributed by atoms with van der Waals surface area (Å²) in [6.45, 7) is 2.26. The van der Waals surface area contributed by atoms with Crippen molar-refractivity contribution < 1.29 is 0 Å². The third-order valence-electron chi connectivity index (χ3n) is 2.93. The van der Waals surface area contributed by atoms with Crippen LogP contribution in [0.25, 0.3) is 0 Å². The van der Waals surface area contributed by atoms with E-state index in [1.165, 1.54) is 6.42 Å². The van der Waals surface area contributed by atoms with Crippen molar-refractivity contribution in [3.8, 4) is 0 Å². The molecule has 50 valence electrons. The lowest BCUT2D eigenvalue weighted by atomic mass is 9.92. The van der Waals surface area contributed by atoms with Crippen LogP contribution in [-0.2, 0) is 0 Å². The molecule has 0 saturated heterocycles. The van der Waals surface area contributed by atoms with Gasteiger partial charge in [0.05, 0.1) is 0 Å². The average Bonchev–Trinajstić information content (AvgIpc) is 2.37. The van der Waals surface area contributed by atoms with Crippen LogP contribution in [0.3, 0.4) is 0 Å². The molecule has 1 nitrogen and oxygen atoms in total. The van der Waals surface area contributed by atoms with Crippen molar-refractivity contribution in [3.63, 3.8) is 0 Å². The monoisotopic (exact) mass is 123 g/mol. The molecule has 0 heterocycles. The van der Waals surface area contributed by atoms with Gasteiger partial charge in [0.2, 0.25) is 0 Å². The van der Waals surface area contributed by atoms with Gasteiger partial charge >= 0.3 is 0 Å². The normalized spacial score (nSPS) is 54.9. The Hall–Kier alpha value is -0.300. The predicted octanol–water partition coefficient (Wildman–Crippen LogP) is 1.16. The molecule has 0 aromatic carbocycles. The quantitative estimate of drug-likeness (QED) is 0.480. The fourth-order valence-electron chi connectivity index (χ4n) is 2.11. The maximum absolute atomic E-state index is 5.91. The van der Waals surface area contributed by atoms with E-state index in [1.807, 2.05) is 0 Å². The van der Waals surface area contributed by atoms with E-state index in [-0.39, 0.29) is 0 Å². The fourth-order valence-corrected chi connectivity index (χ4v) is 2.11. The Balaban J connectivity index is 2.26. The molecule has 9 heavy (non-hydrogen) atoms. The van der Waals surface area contributed by atoms with Crippen molar-refractivity contribution >= 4 is 0 Å². The maximum atomic E-state index is 5.91. The van der Waals surface area contributed by atoms with Crippen molar-refractivity contribution in [2.24, 2.45) is 23.5 Å². The van der Waals surface area contributed by atoms with Gasteiger partial charge in [-0.1, -0.05) is 19.1 Å². The first-order valence-electron chi connectivity index (χ1n) is 3.73. The number of rotatable bonds is 0. The van der Waals surface area contributed by atoms with E-state index >= 15 is 0 Å². The molecule has 2 aliphatic rings. The lowest BCUT2D eigenvalue weighted by molar-refractivity contribution is 0.429. The van der Waals surface area contributed by atoms with E-state index < -0.39 is 0 Å². The number of nitrogens with two attached hydrogens (primary N) is 1. The van der Waals surface area contributed by atoms with Crippen molar-refractivity contribution in [2.45, 2.75) is 19.4 Å². The minimum atomic E-state index is 0.458. The first-order chi connectivity index (χ1) is 4.29. The zero-order valence-electron chi connectivity index (χ0n) is 5.75. The van der Waals surface area contributed by atoms with Crippen molar-refractivity contribution in [1.29, 1.82) is 0 Å². The molecule has 4 atom stereocenters. The summed E-state index contributed by atoms with van der Waals surface area (Å²) in [6.07, 6.45) is 5.94. The van der Waals surface area contributed by atoms with Crippen LogP contribution in [0.5, 0.6) is 0 Å². The second-order valence-electron chi connectivity index (χ2n) is 3.38. The third kappa shape index (κ3) is 0.584. The smallest absolute Gasteiger partial charge is 0.0134 e. The van der Waals surface area contributed by atoms with E-state index in [0.717, 1.165) is 11.8 Å². The van der Waals surface area contributed by atoms with E-state index in [1.54, 1.807) is 0 Å². The molecule has 0 aromatic rings. The summed E-state index contributed by atoms with van der Waals surface area (Å²) in [5.74, 6) is 2.26.